The Bertz CT molecular complexity index is 1720. The quantitative estimate of drug-likeness (QED) is 0.0266. The van der Waals surface area contributed by atoms with Crippen LogP contribution in [0.15, 0.2) is 207 Å². The third kappa shape index (κ3) is 48.9. The summed E-state index contributed by atoms with van der Waals surface area (Å²) in [4.78, 5) is 37.9. The fourth-order valence-corrected chi connectivity index (χ4v) is 5.24. The molecule has 6 nitrogen and oxygen atoms in total. The Kier molecular flexibility index (Phi) is 46.0. The maximum atomic E-state index is 12.8. The number of hydrogen-bond donors (Lipinski definition) is 0. The van der Waals surface area contributed by atoms with E-state index in [2.05, 4.69) is 51.2 Å². The number of unbranched alkanes of at least 4 members (excludes halogenated alkanes) is 7. The molecule has 65 heavy (non-hydrogen) atoms. The minimum absolute atomic E-state index is 0.156. The first-order valence-corrected chi connectivity index (χ1v) is 23.8. The average Bonchev–Trinajstić information content (AvgIpc) is 3.30. The number of ether oxygens (including phenoxy) is 3. The van der Waals surface area contributed by atoms with Gasteiger partial charge >= 0.3 is 17.9 Å². The van der Waals surface area contributed by atoms with Gasteiger partial charge in [-0.2, -0.15) is 0 Å². The molecule has 0 saturated heterocycles. The fourth-order valence-electron chi connectivity index (χ4n) is 5.24. The maximum Gasteiger partial charge on any atom is 0.306 e. The van der Waals surface area contributed by atoms with Crippen LogP contribution in [-0.2, 0) is 28.6 Å². The van der Waals surface area contributed by atoms with Crippen LogP contribution in [0.2, 0.25) is 0 Å². The Labute approximate surface area is 394 Å². The molecule has 0 aromatic heterocycles. The molecule has 0 aromatic carbocycles. The van der Waals surface area contributed by atoms with Crippen LogP contribution in [0.1, 0.15) is 124 Å². The number of esters is 3. The van der Waals surface area contributed by atoms with Crippen molar-refractivity contribution in [3.63, 3.8) is 0 Å². The van der Waals surface area contributed by atoms with Crippen LogP contribution in [0.3, 0.4) is 0 Å². The van der Waals surface area contributed by atoms with Crippen molar-refractivity contribution in [2.75, 3.05) is 13.2 Å². The molecule has 0 aliphatic carbocycles. The maximum absolute atomic E-state index is 12.8. The van der Waals surface area contributed by atoms with E-state index in [-0.39, 0.29) is 44.4 Å². The van der Waals surface area contributed by atoms with Crippen LogP contribution in [0, 0.1) is 0 Å². The summed E-state index contributed by atoms with van der Waals surface area (Å²) in [7, 11) is 0. The van der Waals surface area contributed by atoms with Crippen LogP contribution in [-0.4, -0.2) is 37.2 Å². The first-order valence-electron chi connectivity index (χ1n) is 23.8. The van der Waals surface area contributed by atoms with Gasteiger partial charge in [0.05, 0.1) is 0 Å². The van der Waals surface area contributed by atoms with E-state index in [0.29, 0.717) is 19.3 Å². The fraction of sp³-hybridized carbons (Fsp3) is 0.373. The Morgan fingerprint density at radius 3 is 0.892 bits per heavy atom. The Morgan fingerprint density at radius 2 is 0.569 bits per heavy atom. The van der Waals surface area contributed by atoms with Gasteiger partial charge in [0.15, 0.2) is 6.10 Å². The van der Waals surface area contributed by atoms with E-state index in [1.807, 2.05) is 176 Å². The molecule has 0 N–H and O–H groups in total. The van der Waals surface area contributed by atoms with Crippen molar-refractivity contribution in [3.8, 4) is 0 Å². The average molecular weight is 885 g/mol. The molecule has 1 unspecified atom stereocenters. The molecule has 0 heterocycles. The van der Waals surface area contributed by atoms with E-state index in [1.54, 1.807) is 0 Å². The predicted molar refractivity (Wildman–Crippen MR) is 278 cm³/mol. The first-order chi connectivity index (χ1) is 32.0. The van der Waals surface area contributed by atoms with Gasteiger partial charge in [-0.3, -0.25) is 14.4 Å². The molecule has 0 aliphatic heterocycles. The van der Waals surface area contributed by atoms with Crippen LogP contribution in [0.25, 0.3) is 0 Å². The summed E-state index contributed by atoms with van der Waals surface area (Å²) in [5.41, 5.74) is 0. The van der Waals surface area contributed by atoms with Crippen LogP contribution in [0.5, 0.6) is 0 Å². The molecule has 0 saturated carbocycles. The summed E-state index contributed by atoms with van der Waals surface area (Å²) in [6, 6.07) is 0. The lowest BCUT2D eigenvalue weighted by Gasteiger charge is -2.18. The number of rotatable bonds is 38. The topological polar surface area (TPSA) is 78.9 Å². The molecule has 0 radical (unpaired) electrons. The molecule has 6 heteroatoms. The number of carbonyl (C=O) groups excluding carboxylic acids is 3. The van der Waals surface area contributed by atoms with Crippen molar-refractivity contribution in [3.05, 3.63) is 207 Å². The second-order valence-electron chi connectivity index (χ2n) is 14.6. The van der Waals surface area contributed by atoms with Gasteiger partial charge in [0, 0.05) is 19.3 Å². The van der Waals surface area contributed by atoms with Gasteiger partial charge in [0.1, 0.15) is 13.2 Å². The van der Waals surface area contributed by atoms with E-state index in [0.717, 1.165) is 64.2 Å². The van der Waals surface area contributed by atoms with Gasteiger partial charge in [-0.1, -0.05) is 240 Å². The summed E-state index contributed by atoms with van der Waals surface area (Å²) in [5.74, 6) is -1.14. The Balaban J connectivity index is 4.73. The first kappa shape index (κ1) is 59.0. The van der Waals surface area contributed by atoms with Gasteiger partial charge in [-0.05, 0) is 70.6 Å². The predicted octanol–water partition coefficient (Wildman–Crippen LogP) is 15.7. The van der Waals surface area contributed by atoms with Crippen molar-refractivity contribution >= 4 is 17.9 Å². The summed E-state index contributed by atoms with van der Waals surface area (Å²) >= 11 is 0. The smallest absolute Gasteiger partial charge is 0.306 e. The third-order valence-electron chi connectivity index (χ3n) is 8.71. The Hall–Kier alpha value is -6.01. The summed E-state index contributed by atoms with van der Waals surface area (Å²) < 4.78 is 16.6. The highest BCUT2D eigenvalue weighted by Crippen LogP contribution is 2.10. The molecular weight excluding hydrogens is 805 g/mol. The van der Waals surface area contributed by atoms with Crippen molar-refractivity contribution in [2.24, 2.45) is 0 Å². The summed E-state index contributed by atoms with van der Waals surface area (Å²) in [6.07, 6.45) is 79.5. The van der Waals surface area contributed by atoms with Crippen LogP contribution >= 0.6 is 0 Å². The van der Waals surface area contributed by atoms with Crippen LogP contribution in [0.4, 0.5) is 0 Å². The molecule has 1 atom stereocenters. The SMILES string of the molecule is CC/C=C/C=C/C=C/C=C/C=C/C=C/C=C/CCCCCC(=O)OCC(COC(=O)CCC/C=C/C=C/C=C/C=C/C=C/CC)OC(=O)CCCCC/C=C/C=C/C=C/C=C/C=C/CC. The molecular formula is C59H80O6. The molecule has 0 aliphatic rings. The lowest BCUT2D eigenvalue weighted by molar-refractivity contribution is -0.167. The van der Waals surface area contributed by atoms with Crippen molar-refractivity contribution in [1.29, 1.82) is 0 Å². The lowest BCUT2D eigenvalue weighted by atomic mass is 10.1. The Morgan fingerprint density at radius 1 is 0.308 bits per heavy atom. The molecule has 0 amide bonds. The van der Waals surface area contributed by atoms with E-state index in [4.69, 9.17) is 14.2 Å². The van der Waals surface area contributed by atoms with E-state index >= 15 is 0 Å². The standard InChI is InChI=1S/C59H80O6/c1-4-7-10-13-16-19-22-25-27-28-29-30-32-34-37-40-43-46-49-52-58(61)64-55-56(54-63-57(60)51-48-45-42-39-36-33-24-21-18-15-12-9-6-3)65-59(62)53-50-47-44-41-38-35-31-26-23-20-17-14-11-8-5-2/h7-39,42,56H,4-6,40-41,43-55H2,1-3H3/b10-7+,11-8+,12-9+,16-13+,17-14+,18-15+,22-19+,23-20+,24-21+,27-25+,29-28+,31-26+,32-30+,36-33+,37-34+,38-35+,42-39+. The number of allylic oxidation sites excluding steroid dienone is 34. The highest BCUT2D eigenvalue weighted by Gasteiger charge is 2.19. The monoisotopic (exact) mass is 885 g/mol. The number of hydrogen-bond acceptors (Lipinski definition) is 6. The van der Waals surface area contributed by atoms with Crippen molar-refractivity contribution in [2.45, 2.75) is 130 Å². The molecule has 0 spiro atoms. The van der Waals surface area contributed by atoms with Gasteiger partial charge in [0.2, 0.25) is 0 Å². The summed E-state index contributed by atoms with van der Waals surface area (Å²) in [5, 5.41) is 0. The van der Waals surface area contributed by atoms with E-state index < -0.39 is 12.1 Å². The number of carbonyl (C=O) groups is 3. The zero-order valence-corrected chi connectivity index (χ0v) is 39.9. The second-order valence-corrected chi connectivity index (χ2v) is 14.6. The van der Waals surface area contributed by atoms with E-state index in [1.165, 1.54) is 0 Å². The molecule has 352 valence electrons. The van der Waals surface area contributed by atoms with Crippen molar-refractivity contribution < 1.29 is 28.6 Å². The van der Waals surface area contributed by atoms with Crippen molar-refractivity contribution in [1.82, 2.24) is 0 Å². The normalized spacial score (nSPS) is 14.0. The van der Waals surface area contributed by atoms with Crippen LogP contribution < -0.4 is 0 Å². The van der Waals surface area contributed by atoms with Gasteiger partial charge in [-0.15, -0.1) is 0 Å². The van der Waals surface area contributed by atoms with Gasteiger partial charge < -0.3 is 14.2 Å². The molecule has 0 fully saturated rings. The highest BCUT2D eigenvalue weighted by molar-refractivity contribution is 5.71. The van der Waals surface area contributed by atoms with Gasteiger partial charge in [0.25, 0.3) is 0 Å². The second kappa shape index (κ2) is 50.6. The minimum Gasteiger partial charge on any atom is -0.462 e. The minimum atomic E-state index is -0.862. The molecule has 0 rings (SSSR count). The largest absolute Gasteiger partial charge is 0.462 e. The zero-order chi connectivity index (χ0) is 47.2. The molecule has 0 bridgehead atoms. The van der Waals surface area contributed by atoms with E-state index in [9.17, 15) is 14.4 Å². The summed E-state index contributed by atoms with van der Waals surface area (Å²) in [6.45, 7) is 6.00. The zero-order valence-electron chi connectivity index (χ0n) is 39.9. The third-order valence-corrected chi connectivity index (χ3v) is 8.71. The highest BCUT2D eigenvalue weighted by atomic mass is 16.6. The lowest BCUT2D eigenvalue weighted by Crippen LogP contribution is -2.30. The molecule has 0 aromatic rings. The van der Waals surface area contributed by atoms with Gasteiger partial charge in [-0.25, -0.2) is 0 Å².